The number of hydrazine groups is 2. The van der Waals surface area contributed by atoms with Crippen LogP contribution in [0.15, 0.2) is 5.10 Å². The van der Waals surface area contributed by atoms with Crippen molar-refractivity contribution < 1.29 is 9.90 Å². The SMILES string of the molecule is O=C(O)CCN1C=NNN1. The number of nitrogens with one attached hydrogen (secondary N) is 2. The molecule has 0 aromatic rings. The molecule has 1 rings (SSSR count). The van der Waals surface area contributed by atoms with E-state index in [1.165, 1.54) is 6.34 Å². The van der Waals surface area contributed by atoms with Crippen molar-refractivity contribution >= 4 is 12.3 Å². The zero-order chi connectivity index (χ0) is 7.40. The van der Waals surface area contributed by atoms with Crippen LogP contribution in [0.1, 0.15) is 6.42 Å². The Labute approximate surface area is 57.4 Å². The van der Waals surface area contributed by atoms with Crippen LogP contribution in [-0.2, 0) is 4.79 Å². The normalized spacial score (nSPS) is 15.4. The fourth-order valence-corrected chi connectivity index (χ4v) is 0.550. The number of carboxylic acids is 1. The molecule has 0 aromatic carbocycles. The van der Waals surface area contributed by atoms with Crippen LogP contribution in [0.3, 0.4) is 0 Å². The average Bonchev–Trinajstić information content (AvgIpc) is 2.34. The van der Waals surface area contributed by atoms with Gasteiger partial charge in [0.25, 0.3) is 0 Å². The van der Waals surface area contributed by atoms with Crippen LogP contribution >= 0.6 is 0 Å². The van der Waals surface area contributed by atoms with Gasteiger partial charge in [-0.3, -0.25) is 9.80 Å². The van der Waals surface area contributed by atoms with E-state index in [1.807, 2.05) is 0 Å². The number of aliphatic carboxylic acids is 1. The summed E-state index contributed by atoms with van der Waals surface area (Å²) in [6.45, 7) is 0.409. The number of nitrogens with zero attached hydrogens (tertiary/aromatic N) is 2. The second-order valence-electron chi connectivity index (χ2n) is 1.81. The molecule has 0 atom stereocenters. The quantitative estimate of drug-likeness (QED) is 0.460. The van der Waals surface area contributed by atoms with Gasteiger partial charge in [0.2, 0.25) is 0 Å². The molecule has 1 aliphatic rings. The molecule has 1 heterocycles. The van der Waals surface area contributed by atoms with Crippen molar-refractivity contribution in [2.75, 3.05) is 6.54 Å². The molecule has 0 radical (unpaired) electrons. The van der Waals surface area contributed by atoms with Crippen LogP contribution in [0.25, 0.3) is 0 Å². The average molecular weight is 144 g/mol. The summed E-state index contributed by atoms with van der Waals surface area (Å²) in [6.07, 6.45) is 1.59. The Kier molecular flexibility index (Phi) is 2.06. The minimum Gasteiger partial charge on any atom is -0.481 e. The Morgan fingerprint density at radius 1 is 1.80 bits per heavy atom. The summed E-state index contributed by atoms with van der Waals surface area (Å²) in [6, 6.07) is 0. The zero-order valence-electron chi connectivity index (χ0n) is 5.24. The number of carbonyl (C=O) groups is 1. The van der Waals surface area contributed by atoms with Gasteiger partial charge in [0.1, 0.15) is 6.34 Å². The van der Waals surface area contributed by atoms with Gasteiger partial charge in [-0.05, 0) is 0 Å². The van der Waals surface area contributed by atoms with Gasteiger partial charge in [0.05, 0.1) is 6.42 Å². The van der Waals surface area contributed by atoms with Gasteiger partial charge in [0, 0.05) is 6.54 Å². The molecule has 0 spiro atoms. The van der Waals surface area contributed by atoms with Crippen LogP contribution in [0.5, 0.6) is 0 Å². The Hall–Kier alpha value is -1.30. The molecule has 10 heavy (non-hydrogen) atoms. The predicted octanol–water partition coefficient (Wildman–Crippen LogP) is -1.27. The Balaban J connectivity index is 2.13. The second-order valence-corrected chi connectivity index (χ2v) is 1.81. The highest BCUT2D eigenvalue weighted by atomic mass is 16.4. The molecule has 56 valence electrons. The van der Waals surface area contributed by atoms with E-state index in [0.29, 0.717) is 6.54 Å². The lowest BCUT2D eigenvalue weighted by Crippen LogP contribution is -2.38. The van der Waals surface area contributed by atoms with E-state index in [9.17, 15) is 4.79 Å². The van der Waals surface area contributed by atoms with E-state index >= 15 is 0 Å². The molecule has 6 nitrogen and oxygen atoms in total. The summed E-state index contributed by atoms with van der Waals surface area (Å²) in [7, 11) is 0. The first-order chi connectivity index (χ1) is 4.79. The lowest BCUT2D eigenvalue weighted by atomic mass is 10.4. The summed E-state index contributed by atoms with van der Waals surface area (Å²) in [5, 5.41) is 13.4. The summed E-state index contributed by atoms with van der Waals surface area (Å²) in [5.41, 5.74) is 5.06. The van der Waals surface area contributed by atoms with Crippen molar-refractivity contribution in [1.29, 1.82) is 0 Å². The maximum absolute atomic E-state index is 10.0. The predicted molar refractivity (Wildman–Crippen MR) is 33.7 cm³/mol. The van der Waals surface area contributed by atoms with Crippen LogP contribution in [0.2, 0.25) is 0 Å². The fraction of sp³-hybridized carbons (Fsp3) is 0.500. The van der Waals surface area contributed by atoms with Gasteiger partial charge in [-0.1, -0.05) is 0 Å². The van der Waals surface area contributed by atoms with Crippen LogP contribution in [-0.4, -0.2) is 29.0 Å². The number of hydrazone groups is 1. The lowest BCUT2D eigenvalue weighted by Gasteiger charge is -2.10. The van der Waals surface area contributed by atoms with E-state index in [4.69, 9.17) is 5.11 Å². The minimum absolute atomic E-state index is 0.0979. The van der Waals surface area contributed by atoms with Gasteiger partial charge in [0.15, 0.2) is 0 Å². The maximum Gasteiger partial charge on any atom is 0.305 e. The number of hydrogen-bond acceptors (Lipinski definition) is 5. The van der Waals surface area contributed by atoms with E-state index < -0.39 is 5.97 Å². The molecule has 0 fully saturated rings. The molecular formula is C4H8N4O2. The van der Waals surface area contributed by atoms with Gasteiger partial charge in [-0.25, -0.2) is 5.53 Å². The summed E-state index contributed by atoms with van der Waals surface area (Å²) >= 11 is 0. The van der Waals surface area contributed by atoms with Gasteiger partial charge in [-0.2, -0.15) is 5.10 Å². The largest absolute Gasteiger partial charge is 0.481 e. The summed E-state index contributed by atoms with van der Waals surface area (Å²) in [5.74, 6) is -0.818. The van der Waals surface area contributed by atoms with E-state index in [1.54, 1.807) is 5.01 Å². The molecule has 3 N–H and O–H groups in total. The lowest BCUT2D eigenvalue weighted by molar-refractivity contribution is -0.137. The van der Waals surface area contributed by atoms with Crippen molar-refractivity contribution in [3.05, 3.63) is 0 Å². The Bertz CT molecular complexity index is 157. The fourth-order valence-electron chi connectivity index (χ4n) is 0.550. The first kappa shape index (κ1) is 6.81. The van der Waals surface area contributed by atoms with Crippen molar-refractivity contribution in [2.45, 2.75) is 6.42 Å². The Morgan fingerprint density at radius 3 is 3.10 bits per heavy atom. The first-order valence-electron chi connectivity index (χ1n) is 2.81. The summed E-state index contributed by atoms with van der Waals surface area (Å²) < 4.78 is 0. The van der Waals surface area contributed by atoms with Crippen molar-refractivity contribution in [3.8, 4) is 0 Å². The molecule has 0 saturated carbocycles. The molecule has 0 amide bonds. The molecule has 0 aliphatic carbocycles. The molecule has 0 bridgehead atoms. The Morgan fingerprint density at radius 2 is 2.60 bits per heavy atom. The monoisotopic (exact) mass is 144 g/mol. The van der Waals surface area contributed by atoms with Gasteiger partial charge in [-0.15, -0.1) is 5.53 Å². The molecule has 0 saturated heterocycles. The van der Waals surface area contributed by atoms with E-state index in [-0.39, 0.29) is 6.42 Å². The highest BCUT2D eigenvalue weighted by Crippen LogP contribution is 1.85. The van der Waals surface area contributed by atoms with Gasteiger partial charge >= 0.3 is 5.97 Å². The first-order valence-corrected chi connectivity index (χ1v) is 2.81. The third-order valence-corrected chi connectivity index (χ3v) is 1.02. The van der Waals surface area contributed by atoms with Crippen LogP contribution in [0.4, 0.5) is 0 Å². The van der Waals surface area contributed by atoms with Crippen molar-refractivity contribution in [2.24, 2.45) is 5.10 Å². The third-order valence-electron chi connectivity index (χ3n) is 1.02. The highest BCUT2D eigenvalue weighted by Gasteiger charge is 2.05. The van der Waals surface area contributed by atoms with Crippen molar-refractivity contribution in [3.63, 3.8) is 0 Å². The van der Waals surface area contributed by atoms with E-state index in [0.717, 1.165) is 0 Å². The number of hydrogen-bond donors (Lipinski definition) is 3. The molecule has 0 aromatic heterocycles. The molecule has 1 aliphatic heterocycles. The third kappa shape index (κ3) is 1.90. The summed E-state index contributed by atoms with van der Waals surface area (Å²) in [4.78, 5) is 10.0. The highest BCUT2D eigenvalue weighted by molar-refractivity contribution is 5.67. The molecule has 0 unspecified atom stereocenters. The number of carboxylic acid groups (broad SMARTS) is 1. The smallest absolute Gasteiger partial charge is 0.305 e. The number of rotatable bonds is 3. The van der Waals surface area contributed by atoms with Crippen molar-refractivity contribution in [1.82, 2.24) is 16.1 Å². The van der Waals surface area contributed by atoms with Crippen LogP contribution < -0.4 is 11.1 Å². The van der Waals surface area contributed by atoms with Gasteiger partial charge < -0.3 is 5.11 Å². The minimum atomic E-state index is -0.818. The topological polar surface area (TPSA) is 77.0 Å². The van der Waals surface area contributed by atoms with Crippen LogP contribution in [0, 0.1) is 0 Å². The molecular weight excluding hydrogens is 136 g/mol. The zero-order valence-corrected chi connectivity index (χ0v) is 5.24. The second kappa shape index (κ2) is 3.02. The van der Waals surface area contributed by atoms with E-state index in [2.05, 4.69) is 16.2 Å². The maximum atomic E-state index is 10.0. The standard InChI is InChI=1S/C4H8N4O2/c9-4(10)1-2-8-3-5-6-7-8/h3,6-7H,1-2H2,(H,9,10). The molecule has 6 heteroatoms.